The van der Waals surface area contributed by atoms with Crippen LogP contribution in [0.25, 0.3) is 10.9 Å². The number of nitrogens with one attached hydrogen (secondary N) is 2. The molecule has 0 aliphatic heterocycles. The summed E-state index contributed by atoms with van der Waals surface area (Å²) < 4.78 is 7.56. The molecular weight excluding hydrogens is 298 g/mol. The maximum atomic E-state index is 9.03. The summed E-state index contributed by atoms with van der Waals surface area (Å²) in [4.78, 5) is 8.89. The van der Waals surface area contributed by atoms with Gasteiger partial charge in [-0.05, 0) is 36.8 Å². The molecule has 0 bridgehead atoms. The molecule has 0 spiro atoms. The second-order valence-electron chi connectivity index (χ2n) is 5.22. The van der Waals surface area contributed by atoms with E-state index in [0.717, 1.165) is 22.2 Å². The minimum absolute atomic E-state index is 0.169. The molecule has 2 aromatic carbocycles. The van der Waals surface area contributed by atoms with Crippen molar-refractivity contribution in [2.75, 3.05) is 5.32 Å². The zero-order valence-electron chi connectivity index (χ0n) is 14.2. The number of guanidine groups is 1. The Morgan fingerprint density at radius 2 is 2.04 bits per heavy atom. The smallest absolute Gasteiger partial charge is 0.209 e. The Morgan fingerprint density at radius 1 is 1.21 bits per heavy atom. The molecule has 3 rings (SSSR count). The topological polar surface area (TPSA) is 73.1 Å². The predicted molar refractivity (Wildman–Crippen MR) is 96.4 cm³/mol. The standard InChI is InChI=1S/C19H17N5/c1-14(15-7-3-2-4-8-15)23-19(22-13-20)24-18-11-5-10-17-16(18)9-6-12-21-17/h2-12,14H,1H3,(H2,22,23,24)/t14-/m0/s1/i2T. The van der Waals surface area contributed by atoms with E-state index in [-0.39, 0.29) is 6.04 Å². The Labute approximate surface area is 142 Å². The second-order valence-corrected chi connectivity index (χ2v) is 5.22. The third-order valence-corrected chi connectivity index (χ3v) is 3.62. The number of fused-ring (bicyclic) bond motifs is 1. The van der Waals surface area contributed by atoms with E-state index in [4.69, 9.17) is 6.63 Å². The number of hydrogen-bond donors (Lipinski definition) is 2. The summed E-state index contributed by atoms with van der Waals surface area (Å²) >= 11 is 0. The fraction of sp³-hybridized carbons (Fsp3) is 0.105. The minimum atomic E-state index is -0.169. The van der Waals surface area contributed by atoms with E-state index in [1.807, 2.05) is 55.6 Å². The van der Waals surface area contributed by atoms with Crippen LogP contribution in [0.4, 0.5) is 5.69 Å². The van der Waals surface area contributed by atoms with Crippen LogP contribution in [0.2, 0.25) is 0 Å². The van der Waals surface area contributed by atoms with Crippen molar-refractivity contribution >= 4 is 22.5 Å². The maximum Gasteiger partial charge on any atom is 0.209 e. The molecule has 5 heteroatoms. The fourth-order valence-electron chi connectivity index (χ4n) is 2.44. The van der Waals surface area contributed by atoms with Gasteiger partial charge in [0.15, 0.2) is 6.19 Å². The van der Waals surface area contributed by atoms with Gasteiger partial charge in [0, 0.05) is 11.6 Å². The van der Waals surface area contributed by atoms with Gasteiger partial charge in [0.25, 0.3) is 0 Å². The third kappa shape index (κ3) is 3.50. The van der Waals surface area contributed by atoms with Gasteiger partial charge >= 0.3 is 0 Å². The van der Waals surface area contributed by atoms with E-state index >= 15 is 0 Å². The maximum absolute atomic E-state index is 9.03. The number of aromatic nitrogens is 1. The largest absolute Gasteiger partial charge is 0.325 e. The Kier molecular flexibility index (Phi) is 4.29. The molecule has 0 saturated carbocycles. The normalized spacial score (nSPS) is 13.0. The van der Waals surface area contributed by atoms with Gasteiger partial charge in [-0.1, -0.05) is 36.4 Å². The van der Waals surface area contributed by atoms with Crippen molar-refractivity contribution in [2.24, 2.45) is 4.99 Å². The van der Waals surface area contributed by atoms with Gasteiger partial charge in [-0.25, -0.2) is 4.99 Å². The van der Waals surface area contributed by atoms with Gasteiger partial charge in [0.05, 0.1) is 18.6 Å². The zero-order valence-corrected chi connectivity index (χ0v) is 13.2. The number of rotatable bonds is 3. The highest BCUT2D eigenvalue weighted by Crippen LogP contribution is 2.22. The summed E-state index contributed by atoms with van der Waals surface area (Å²) in [5.74, 6) is 0.362. The highest BCUT2D eigenvalue weighted by Gasteiger charge is 2.08. The van der Waals surface area contributed by atoms with Crippen molar-refractivity contribution in [3.63, 3.8) is 0 Å². The van der Waals surface area contributed by atoms with Crippen molar-refractivity contribution < 1.29 is 1.37 Å². The second kappa shape index (κ2) is 7.25. The Morgan fingerprint density at radius 3 is 2.83 bits per heavy atom. The number of benzene rings is 2. The Balaban J connectivity index is 1.90. The molecule has 2 N–H and O–H groups in total. The van der Waals surface area contributed by atoms with Gasteiger partial charge in [0.1, 0.15) is 0 Å². The van der Waals surface area contributed by atoms with Gasteiger partial charge < -0.3 is 5.32 Å². The Hall–Kier alpha value is -3.39. The minimum Gasteiger partial charge on any atom is -0.325 e. The van der Waals surface area contributed by atoms with Gasteiger partial charge in [0.2, 0.25) is 5.96 Å². The first-order chi connectivity index (χ1) is 12.2. The van der Waals surface area contributed by atoms with E-state index in [0.29, 0.717) is 12.0 Å². The van der Waals surface area contributed by atoms with Crippen molar-refractivity contribution in [2.45, 2.75) is 13.0 Å². The van der Waals surface area contributed by atoms with Gasteiger partial charge in [-0.3, -0.25) is 10.3 Å². The lowest BCUT2D eigenvalue weighted by Gasteiger charge is -2.13. The number of pyridine rings is 1. The van der Waals surface area contributed by atoms with Gasteiger partial charge in [-0.2, -0.15) is 5.26 Å². The molecule has 0 amide bonds. The van der Waals surface area contributed by atoms with Crippen molar-refractivity contribution in [1.29, 1.82) is 5.26 Å². The molecule has 24 heavy (non-hydrogen) atoms. The molecular formula is C19H17N5. The first kappa shape index (κ1) is 14.2. The molecule has 0 saturated heterocycles. The van der Waals surface area contributed by atoms with Crippen LogP contribution in [-0.2, 0) is 0 Å². The molecule has 5 nitrogen and oxygen atoms in total. The fourth-order valence-corrected chi connectivity index (χ4v) is 2.44. The molecule has 1 aromatic heterocycles. The highest BCUT2D eigenvalue weighted by molar-refractivity contribution is 6.02. The lowest BCUT2D eigenvalue weighted by molar-refractivity contribution is 0.813. The van der Waals surface area contributed by atoms with E-state index in [1.54, 1.807) is 18.3 Å². The van der Waals surface area contributed by atoms with Crippen LogP contribution in [-0.4, -0.2) is 10.9 Å². The third-order valence-electron chi connectivity index (χ3n) is 3.62. The van der Waals surface area contributed by atoms with Crippen LogP contribution in [0.3, 0.4) is 0 Å². The summed E-state index contributed by atoms with van der Waals surface area (Å²) in [6, 6.07) is 17.0. The lowest BCUT2D eigenvalue weighted by atomic mass is 10.1. The molecule has 0 radical (unpaired) electrons. The summed E-state index contributed by atoms with van der Waals surface area (Å²) in [5.41, 5.74) is 2.65. The zero-order chi connectivity index (χ0) is 17.6. The van der Waals surface area contributed by atoms with Crippen molar-refractivity contribution in [3.8, 4) is 6.19 Å². The van der Waals surface area contributed by atoms with Crippen LogP contribution in [0.5, 0.6) is 0 Å². The molecule has 0 fully saturated rings. The molecule has 1 heterocycles. The number of aliphatic imine (C=N–C) groups is 1. The van der Waals surface area contributed by atoms with Crippen LogP contribution < -0.4 is 10.6 Å². The summed E-state index contributed by atoms with van der Waals surface area (Å²) in [6.07, 6.45) is 3.66. The average molecular weight is 317 g/mol. The summed E-state index contributed by atoms with van der Waals surface area (Å²) in [5, 5.41) is 15.7. The van der Waals surface area contributed by atoms with E-state index in [9.17, 15) is 0 Å². The van der Waals surface area contributed by atoms with Gasteiger partial charge in [-0.15, -0.1) is 0 Å². The van der Waals surface area contributed by atoms with Crippen LogP contribution in [0.1, 0.15) is 19.9 Å². The highest BCUT2D eigenvalue weighted by atomic mass is 15.2. The van der Waals surface area contributed by atoms with Crippen molar-refractivity contribution in [3.05, 3.63) is 72.4 Å². The number of nitriles is 1. The number of hydrogen-bond acceptors (Lipinski definition) is 3. The predicted octanol–water partition coefficient (Wildman–Crippen LogP) is 3.83. The molecule has 3 aromatic rings. The van der Waals surface area contributed by atoms with E-state index < -0.39 is 0 Å². The average Bonchev–Trinajstić information content (AvgIpc) is 2.63. The monoisotopic (exact) mass is 317 g/mol. The first-order valence-electron chi connectivity index (χ1n) is 8.07. The molecule has 0 aliphatic rings. The SMILES string of the molecule is [3H]c1ccc([C@H](C)N=C(NC#N)Nc2cccc3ncccc23)cc1. The number of anilines is 1. The quantitative estimate of drug-likeness (QED) is 0.333. The van der Waals surface area contributed by atoms with Crippen molar-refractivity contribution in [1.82, 2.24) is 10.3 Å². The number of nitrogens with zero attached hydrogens (tertiary/aromatic N) is 3. The first-order valence-corrected chi connectivity index (χ1v) is 7.57. The summed E-state index contributed by atoms with van der Waals surface area (Å²) in [7, 11) is 0. The molecule has 1 atom stereocenters. The van der Waals surface area contributed by atoms with Crippen LogP contribution >= 0.6 is 0 Å². The van der Waals surface area contributed by atoms with Crippen LogP contribution in [0, 0.1) is 11.5 Å². The molecule has 118 valence electrons. The van der Waals surface area contributed by atoms with Crippen LogP contribution in [0.15, 0.2) is 71.8 Å². The summed E-state index contributed by atoms with van der Waals surface area (Å²) in [6.45, 7) is 1.93. The molecule has 0 aliphatic carbocycles. The Bertz CT molecular complexity index is 939. The lowest BCUT2D eigenvalue weighted by Crippen LogP contribution is -2.27. The van der Waals surface area contributed by atoms with E-state index in [2.05, 4.69) is 20.6 Å². The molecule has 0 unspecified atom stereocenters. The van der Waals surface area contributed by atoms with E-state index in [1.165, 1.54) is 0 Å².